The van der Waals surface area contributed by atoms with Gasteiger partial charge in [0.05, 0.1) is 6.61 Å². The van der Waals surface area contributed by atoms with Gasteiger partial charge in [0.25, 0.3) is 0 Å². The zero-order chi connectivity index (χ0) is 11.7. The number of ether oxygens (including phenoxy) is 2. The van der Waals surface area contributed by atoms with Crippen LogP contribution in [0, 0.1) is 0 Å². The lowest BCUT2D eigenvalue weighted by atomic mass is 10.1. The molecule has 0 aliphatic rings. The highest BCUT2D eigenvalue weighted by molar-refractivity contribution is 4.98. The predicted molar refractivity (Wildman–Crippen MR) is 64.2 cm³/mol. The van der Waals surface area contributed by atoms with Crippen molar-refractivity contribution in [2.45, 2.75) is 32.7 Å². The first-order valence-electron chi connectivity index (χ1n) is 5.44. The zero-order valence-electron chi connectivity index (χ0n) is 10.6. The number of methoxy groups -OCH3 is 1. The van der Waals surface area contributed by atoms with E-state index >= 15 is 0 Å². The molecule has 0 atom stereocenters. The summed E-state index contributed by atoms with van der Waals surface area (Å²) in [5, 5.41) is 3.37. The number of hydrogen-bond donors (Lipinski definition) is 1. The van der Waals surface area contributed by atoms with E-state index in [1.54, 1.807) is 7.11 Å². The third-order valence-electron chi connectivity index (χ3n) is 1.81. The molecule has 0 aromatic carbocycles. The summed E-state index contributed by atoms with van der Waals surface area (Å²) >= 11 is 0. The minimum Gasteiger partial charge on any atom is -0.385 e. The molecular formula is C12H25NO2. The van der Waals surface area contributed by atoms with E-state index in [-0.39, 0.29) is 5.54 Å². The number of rotatable bonds is 8. The smallest absolute Gasteiger partial charge is 0.0686 e. The van der Waals surface area contributed by atoms with Crippen molar-refractivity contribution in [3.8, 4) is 0 Å². The van der Waals surface area contributed by atoms with Crippen molar-refractivity contribution < 1.29 is 9.47 Å². The van der Waals surface area contributed by atoms with Gasteiger partial charge in [0, 0.05) is 32.4 Å². The van der Waals surface area contributed by atoms with E-state index in [1.165, 1.54) is 0 Å². The van der Waals surface area contributed by atoms with E-state index in [4.69, 9.17) is 9.47 Å². The van der Waals surface area contributed by atoms with Gasteiger partial charge in [0.15, 0.2) is 0 Å². The second kappa shape index (κ2) is 7.85. The molecule has 0 aliphatic heterocycles. The Morgan fingerprint density at radius 2 is 1.93 bits per heavy atom. The summed E-state index contributed by atoms with van der Waals surface area (Å²) in [6.07, 6.45) is 0.941. The lowest BCUT2D eigenvalue weighted by Gasteiger charge is -2.21. The Balaban J connectivity index is 3.34. The van der Waals surface area contributed by atoms with Gasteiger partial charge in [-0.25, -0.2) is 0 Å². The molecule has 3 heteroatoms. The average molecular weight is 215 g/mol. The minimum absolute atomic E-state index is 0.138. The van der Waals surface area contributed by atoms with Crippen LogP contribution in [-0.4, -0.2) is 39.0 Å². The Labute approximate surface area is 93.8 Å². The van der Waals surface area contributed by atoms with Crippen molar-refractivity contribution in [1.82, 2.24) is 5.32 Å². The molecule has 15 heavy (non-hydrogen) atoms. The quantitative estimate of drug-likeness (QED) is 0.496. The molecule has 0 amide bonds. The maximum absolute atomic E-state index is 5.44. The van der Waals surface area contributed by atoms with Crippen molar-refractivity contribution in [3.63, 3.8) is 0 Å². The first-order chi connectivity index (χ1) is 6.95. The fraction of sp³-hybridized carbons (Fsp3) is 0.833. The maximum atomic E-state index is 5.44. The molecule has 0 fully saturated rings. The van der Waals surface area contributed by atoms with Crippen LogP contribution in [0.5, 0.6) is 0 Å². The van der Waals surface area contributed by atoms with E-state index in [0.717, 1.165) is 31.8 Å². The van der Waals surface area contributed by atoms with Gasteiger partial charge < -0.3 is 14.8 Å². The molecule has 0 saturated carbocycles. The normalized spacial score (nSPS) is 11.7. The number of hydrogen-bond acceptors (Lipinski definition) is 3. The van der Waals surface area contributed by atoms with Crippen LogP contribution in [0.25, 0.3) is 0 Å². The Hall–Kier alpha value is -0.380. The molecule has 3 nitrogen and oxygen atoms in total. The van der Waals surface area contributed by atoms with Gasteiger partial charge in [0.2, 0.25) is 0 Å². The predicted octanol–water partition coefficient (Wildman–Crippen LogP) is 1.98. The summed E-state index contributed by atoms with van der Waals surface area (Å²) in [6.45, 7) is 13.3. The summed E-state index contributed by atoms with van der Waals surface area (Å²) in [4.78, 5) is 0. The lowest BCUT2D eigenvalue weighted by Crippen LogP contribution is -2.37. The highest BCUT2D eigenvalue weighted by Gasteiger charge is 2.08. The summed E-state index contributed by atoms with van der Waals surface area (Å²) in [6, 6.07) is 0. The third kappa shape index (κ3) is 11.5. The molecule has 0 rings (SSSR count). The second-order valence-electron chi connectivity index (χ2n) is 4.75. The molecule has 0 saturated heterocycles. The van der Waals surface area contributed by atoms with Crippen LogP contribution in [0.4, 0.5) is 0 Å². The lowest BCUT2D eigenvalue weighted by molar-refractivity contribution is 0.115. The minimum atomic E-state index is 0.138. The van der Waals surface area contributed by atoms with E-state index < -0.39 is 0 Å². The van der Waals surface area contributed by atoms with Gasteiger partial charge in [-0.05, 0) is 32.8 Å². The second-order valence-corrected chi connectivity index (χ2v) is 4.75. The summed E-state index contributed by atoms with van der Waals surface area (Å²) in [5.74, 6) is 0. The van der Waals surface area contributed by atoms with Crippen LogP contribution < -0.4 is 5.32 Å². The Morgan fingerprint density at radius 1 is 1.27 bits per heavy atom. The summed E-state index contributed by atoms with van der Waals surface area (Å²) < 4.78 is 10.4. The maximum Gasteiger partial charge on any atom is 0.0686 e. The average Bonchev–Trinajstić information content (AvgIpc) is 2.13. The van der Waals surface area contributed by atoms with E-state index in [2.05, 4.69) is 32.7 Å². The molecule has 0 radical (unpaired) electrons. The van der Waals surface area contributed by atoms with Crippen LogP contribution in [-0.2, 0) is 9.47 Å². The van der Waals surface area contributed by atoms with E-state index in [0.29, 0.717) is 6.61 Å². The molecule has 90 valence electrons. The SMILES string of the molecule is C=C(CNC(C)(C)C)COCCCOC. The zero-order valence-corrected chi connectivity index (χ0v) is 10.6. The van der Waals surface area contributed by atoms with Crippen molar-refractivity contribution in [3.05, 3.63) is 12.2 Å². The Bertz CT molecular complexity index is 173. The topological polar surface area (TPSA) is 30.5 Å². The van der Waals surface area contributed by atoms with Crippen molar-refractivity contribution >= 4 is 0 Å². The molecule has 0 spiro atoms. The molecule has 0 unspecified atom stereocenters. The van der Waals surface area contributed by atoms with E-state index in [9.17, 15) is 0 Å². The standard InChI is InChI=1S/C12H25NO2/c1-11(9-13-12(2,3)4)10-15-8-6-7-14-5/h13H,1,6-10H2,2-5H3. The monoisotopic (exact) mass is 215 g/mol. The van der Waals surface area contributed by atoms with Crippen LogP contribution in [0.1, 0.15) is 27.2 Å². The largest absolute Gasteiger partial charge is 0.385 e. The van der Waals surface area contributed by atoms with Crippen LogP contribution >= 0.6 is 0 Å². The van der Waals surface area contributed by atoms with Gasteiger partial charge in [-0.1, -0.05) is 6.58 Å². The highest BCUT2D eigenvalue weighted by atomic mass is 16.5. The molecular weight excluding hydrogens is 190 g/mol. The molecule has 0 aromatic rings. The van der Waals surface area contributed by atoms with Crippen molar-refractivity contribution in [2.75, 3.05) is 33.5 Å². The van der Waals surface area contributed by atoms with Crippen molar-refractivity contribution in [2.24, 2.45) is 0 Å². The summed E-state index contributed by atoms with van der Waals surface area (Å²) in [7, 11) is 1.70. The molecule has 0 aliphatic carbocycles. The van der Waals surface area contributed by atoms with Gasteiger partial charge in [-0.2, -0.15) is 0 Å². The fourth-order valence-corrected chi connectivity index (χ4v) is 0.963. The highest BCUT2D eigenvalue weighted by Crippen LogP contribution is 2.00. The number of nitrogens with one attached hydrogen (secondary N) is 1. The third-order valence-corrected chi connectivity index (χ3v) is 1.81. The van der Waals surface area contributed by atoms with Crippen LogP contribution in [0.2, 0.25) is 0 Å². The van der Waals surface area contributed by atoms with Gasteiger partial charge >= 0.3 is 0 Å². The summed E-state index contributed by atoms with van der Waals surface area (Å²) in [5.41, 5.74) is 1.22. The van der Waals surface area contributed by atoms with E-state index in [1.807, 2.05) is 0 Å². The van der Waals surface area contributed by atoms with Crippen LogP contribution in [0.15, 0.2) is 12.2 Å². The molecule has 0 heterocycles. The van der Waals surface area contributed by atoms with Crippen molar-refractivity contribution in [1.29, 1.82) is 0 Å². The van der Waals surface area contributed by atoms with Gasteiger partial charge in [-0.3, -0.25) is 0 Å². The Morgan fingerprint density at radius 3 is 2.47 bits per heavy atom. The first kappa shape index (κ1) is 14.6. The van der Waals surface area contributed by atoms with Crippen LogP contribution in [0.3, 0.4) is 0 Å². The van der Waals surface area contributed by atoms with Gasteiger partial charge in [-0.15, -0.1) is 0 Å². The first-order valence-corrected chi connectivity index (χ1v) is 5.44. The molecule has 0 aromatic heterocycles. The fourth-order valence-electron chi connectivity index (χ4n) is 0.963. The molecule has 1 N–H and O–H groups in total. The molecule has 0 bridgehead atoms. The Kier molecular flexibility index (Phi) is 7.65. The van der Waals surface area contributed by atoms with Gasteiger partial charge in [0.1, 0.15) is 0 Å².